The lowest BCUT2D eigenvalue weighted by atomic mass is 10.3. The number of amides is 1. The number of rotatable bonds is 6. The van der Waals surface area contributed by atoms with Gasteiger partial charge in [0.05, 0.1) is 5.69 Å². The van der Waals surface area contributed by atoms with E-state index in [4.69, 9.17) is 0 Å². The molecular weight excluding hydrogens is 282 g/mol. The minimum atomic E-state index is 0.141. The maximum Gasteiger partial charge on any atom is 0.221 e. The highest BCUT2D eigenvalue weighted by Crippen LogP contribution is 2.18. The normalized spacial score (nSPS) is 14.6. The topological polar surface area (TPSA) is 54.0 Å². The monoisotopic (exact) mass is 297 g/mol. The summed E-state index contributed by atoms with van der Waals surface area (Å²) < 4.78 is 0.836. The SMILES string of the molecule is O=C(CCNCc1cccc(Br)n1)NC1CC1. The Kier molecular flexibility index (Phi) is 4.50. The molecule has 1 heterocycles. The summed E-state index contributed by atoms with van der Waals surface area (Å²) in [6, 6.07) is 6.26. The van der Waals surface area contributed by atoms with Crippen molar-refractivity contribution in [2.24, 2.45) is 0 Å². The Hall–Kier alpha value is -0.940. The number of pyridine rings is 1. The van der Waals surface area contributed by atoms with Gasteiger partial charge in [0.25, 0.3) is 0 Å². The first-order chi connectivity index (χ1) is 8.24. The highest BCUT2D eigenvalue weighted by atomic mass is 79.9. The molecule has 1 aliphatic rings. The van der Waals surface area contributed by atoms with Crippen LogP contribution in [0.3, 0.4) is 0 Å². The van der Waals surface area contributed by atoms with Crippen LogP contribution in [0.2, 0.25) is 0 Å². The number of carbonyl (C=O) groups excluding carboxylic acids is 1. The Labute approximate surface area is 109 Å². The maximum absolute atomic E-state index is 11.4. The molecule has 0 bridgehead atoms. The molecule has 4 nitrogen and oxygen atoms in total. The van der Waals surface area contributed by atoms with Crippen molar-refractivity contribution in [2.45, 2.75) is 31.8 Å². The van der Waals surface area contributed by atoms with Crippen LogP contribution in [0.4, 0.5) is 0 Å². The van der Waals surface area contributed by atoms with Crippen LogP contribution >= 0.6 is 15.9 Å². The molecule has 0 spiro atoms. The number of nitrogens with one attached hydrogen (secondary N) is 2. The Balaban J connectivity index is 1.60. The Morgan fingerprint density at radius 3 is 3.00 bits per heavy atom. The van der Waals surface area contributed by atoms with Gasteiger partial charge in [-0.25, -0.2) is 4.98 Å². The Morgan fingerprint density at radius 1 is 1.47 bits per heavy atom. The van der Waals surface area contributed by atoms with Gasteiger partial charge in [-0.1, -0.05) is 6.07 Å². The standard InChI is InChI=1S/C12H16BrN3O/c13-11-3-1-2-10(15-11)8-14-7-6-12(17)16-9-4-5-9/h1-3,9,14H,4-8H2,(H,16,17). The smallest absolute Gasteiger partial charge is 0.221 e. The summed E-state index contributed by atoms with van der Waals surface area (Å²) in [5, 5.41) is 6.17. The van der Waals surface area contributed by atoms with Crippen LogP contribution in [0.15, 0.2) is 22.8 Å². The zero-order valence-electron chi connectivity index (χ0n) is 9.58. The lowest BCUT2D eigenvalue weighted by molar-refractivity contribution is -0.121. The predicted octanol–water partition coefficient (Wildman–Crippen LogP) is 1.60. The highest BCUT2D eigenvalue weighted by molar-refractivity contribution is 9.10. The average molecular weight is 298 g/mol. The van der Waals surface area contributed by atoms with Gasteiger partial charge in [-0.3, -0.25) is 4.79 Å². The van der Waals surface area contributed by atoms with E-state index < -0.39 is 0 Å². The molecule has 1 aliphatic carbocycles. The van der Waals surface area contributed by atoms with Gasteiger partial charge in [-0.2, -0.15) is 0 Å². The molecule has 0 aliphatic heterocycles. The van der Waals surface area contributed by atoms with E-state index in [0.29, 0.717) is 25.6 Å². The molecule has 0 aromatic carbocycles. The summed E-state index contributed by atoms with van der Waals surface area (Å²) in [5.74, 6) is 0.141. The van der Waals surface area contributed by atoms with Crippen molar-refractivity contribution in [3.63, 3.8) is 0 Å². The summed E-state index contributed by atoms with van der Waals surface area (Å²) in [5.41, 5.74) is 0.974. The fraction of sp³-hybridized carbons (Fsp3) is 0.500. The number of aromatic nitrogens is 1. The van der Waals surface area contributed by atoms with Crippen molar-refractivity contribution in [1.29, 1.82) is 0 Å². The third-order valence-corrected chi connectivity index (χ3v) is 2.99. The van der Waals surface area contributed by atoms with Gasteiger partial charge >= 0.3 is 0 Å². The van der Waals surface area contributed by atoms with Crippen LogP contribution < -0.4 is 10.6 Å². The van der Waals surface area contributed by atoms with Gasteiger partial charge in [0.1, 0.15) is 4.60 Å². The third kappa shape index (κ3) is 4.83. The van der Waals surface area contributed by atoms with Crippen LogP contribution in [0.25, 0.3) is 0 Å². The van der Waals surface area contributed by atoms with Crippen molar-refractivity contribution in [3.05, 3.63) is 28.5 Å². The molecule has 2 rings (SSSR count). The van der Waals surface area contributed by atoms with Gasteiger partial charge in [-0.15, -0.1) is 0 Å². The van der Waals surface area contributed by atoms with Crippen LogP contribution in [0, 0.1) is 0 Å². The van der Waals surface area contributed by atoms with E-state index in [1.807, 2.05) is 18.2 Å². The Morgan fingerprint density at radius 2 is 2.29 bits per heavy atom. The van der Waals surface area contributed by atoms with E-state index in [-0.39, 0.29) is 5.91 Å². The van der Waals surface area contributed by atoms with Crippen molar-refractivity contribution < 1.29 is 4.79 Å². The first kappa shape index (κ1) is 12.5. The van der Waals surface area contributed by atoms with Crippen LogP contribution in [0.1, 0.15) is 25.0 Å². The van der Waals surface area contributed by atoms with Crippen LogP contribution in [-0.4, -0.2) is 23.5 Å². The predicted molar refractivity (Wildman–Crippen MR) is 69.4 cm³/mol. The van der Waals surface area contributed by atoms with E-state index >= 15 is 0 Å². The molecule has 0 unspecified atom stereocenters. The molecule has 0 radical (unpaired) electrons. The van der Waals surface area contributed by atoms with Gasteiger partial charge in [0.2, 0.25) is 5.91 Å². The molecule has 17 heavy (non-hydrogen) atoms. The second-order valence-electron chi connectivity index (χ2n) is 4.22. The van der Waals surface area contributed by atoms with Gasteiger partial charge in [-0.05, 0) is 40.9 Å². The molecule has 92 valence electrons. The van der Waals surface area contributed by atoms with Gasteiger partial charge in [0, 0.05) is 25.6 Å². The van der Waals surface area contributed by atoms with E-state index in [1.54, 1.807) is 0 Å². The van der Waals surface area contributed by atoms with Crippen molar-refractivity contribution >= 4 is 21.8 Å². The first-order valence-corrected chi connectivity index (χ1v) is 6.65. The van der Waals surface area contributed by atoms with Crippen molar-refractivity contribution in [2.75, 3.05) is 6.54 Å². The van der Waals surface area contributed by atoms with Gasteiger partial charge in [0.15, 0.2) is 0 Å². The summed E-state index contributed by atoms with van der Waals surface area (Å²) in [6.07, 6.45) is 2.81. The maximum atomic E-state index is 11.4. The average Bonchev–Trinajstić information content (AvgIpc) is 3.08. The molecular formula is C12H16BrN3O. The minimum Gasteiger partial charge on any atom is -0.353 e. The van der Waals surface area contributed by atoms with Crippen LogP contribution in [0.5, 0.6) is 0 Å². The second-order valence-corrected chi connectivity index (χ2v) is 5.03. The quantitative estimate of drug-likeness (QED) is 0.619. The third-order valence-electron chi connectivity index (χ3n) is 2.55. The first-order valence-electron chi connectivity index (χ1n) is 5.85. The number of hydrogen-bond donors (Lipinski definition) is 2. The lowest BCUT2D eigenvalue weighted by Crippen LogP contribution is -2.29. The summed E-state index contributed by atoms with van der Waals surface area (Å²) in [7, 11) is 0. The molecule has 0 atom stereocenters. The van der Waals surface area contributed by atoms with Crippen molar-refractivity contribution in [3.8, 4) is 0 Å². The number of carbonyl (C=O) groups is 1. The largest absolute Gasteiger partial charge is 0.353 e. The van der Waals surface area contributed by atoms with E-state index in [0.717, 1.165) is 23.1 Å². The molecule has 1 fully saturated rings. The molecule has 5 heteroatoms. The second kappa shape index (κ2) is 6.12. The molecule has 1 saturated carbocycles. The summed E-state index contributed by atoms with van der Waals surface area (Å²) in [6.45, 7) is 1.38. The fourth-order valence-corrected chi connectivity index (χ4v) is 1.88. The molecule has 1 aromatic heterocycles. The molecule has 0 saturated heterocycles. The number of halogens is 1. The van der Waals surface area contributed by atoms with E-state index in [2.05, 4.69) is 31.5 Å². The fourth-order valence-electron chi connectivity index (χ4n) is 1.49. The number of hydrogen-bond acceptors (Lipinski definition) is 3. The zero-order chi connectivity index (χ0) is 12.1. The van der Waals surface area contributed by atoms with Gasteiger partial charge < -0.3 is 10.6 Å². The zero-order valence-corrected chi connectivity index (χ0v) is 11.2. The summed E-state index contributed by atoms with van der Waals surface area (Å²) in [4.78, 5) is 15.7. The molecule has 1 aromatic rings. The van der Waals surface area contributed by atoms with Crippen LogP contribution in [-0.2, 0) is 11.3 Å². The minimum absolute atomic E-state index is 0.141. The summed E-state index contributed by atoms with van der Waals surface area (Å²) >= 11 is 3.33. The number of nitrogens with zero attached hydrogens (tertiary/aromatic N) is 1. The molecule has 1 amide bonds. The highest BCUT2D eigenvalue weighted by Gasteiger charge is 2.22. The molecule has 2 N–H and O–H groups in total. The van der Waals surface area contributed by atoms with E-state index in [9.17, 15) is 4.79 Å². The lowest BCUT2D eigenvalue weighted by Gasteiger charge is -2.05. The van der Waals surface area contributed by atoms with E-state index in [1.165, 1.54) is 0 Å². The Bertz CT molecular complexity index is 393. The van der Waals surface area contributed by atoms with Crippen molar-refractivity contribution in [1.82, 2.24) is 15.6 Å².